The summed E-state index contributed by atoms with van der Waals surface area (Å²) in [4.78, 5) is 30.7. The zero-order valence-electron chi connectivity index (χ0n) is 18.5. The third-order valence-electron chi connectivity index (χ3n) is 5.74. The van der Waals surface area contributed by atoms with Crippen molar-refractivity contribution in [3.05, 3.63) is 70.0 Å². The molecule has 1 aliphatic rings. The number of carbonyl (C=O) groups excluding carboxylic acids is 2. The molecule has 0 bridgehead atoms. The molecule has 4 N–H and O–H groups in total. The molecule has 0 spiro atoms. The first-order valence-corrected chi connectivity index (χ1v) is 11.9. The van der Waals surface area contributed by atoms with Gasteiger partial charge in [-0.3, -0.25) is 9.59 Å². The number of hydrogen-bond donors (Lipinski definition) is 3. The summed E-state index contributed by atoms with van der Waals surface area (Å²) in [5.74, 6) is -0.328. The summed E-state index contributed by atoms with van der Waals surface area (Å²) < 4.78 is 6.64. The van der Waals surface area contributed by atoms with E-state index in [4.69, 9.17) is 10.5 Å². The van der Waals surface area contributed by atoms with E-state index in [0.717, 1.165) is 23.1 Å². The highest BCUT2D eigenvalue weighted by Crippen LogP contribution is 2.28. The van der Waals surface area contributed by atoms with Gasteiger partial charge < -0.3 is 21.1 Å². The summed E-state index contributed by atoms with van der Waals surface area (Å²) in [6.07, 6.45) is 2.54. The van der Waals surface area contributed by atoms with Crippen LogP contribution in [0.3, 0.4) is 0 Å². The van der Waals surface area contributed by atoms with Crippen LogP contribution in [0.5, 0.6) is 0 Å². The van der Waals surface area contributed by atoms with Crippen molar-refractivity contribution < 1.29 is 14.3 Å². The predicted octanol–water partition coefficient (Wildman–Crippen LogP) is 3.05. The van der Waals surface area contributed by atoms with Crippen molar-refractivity contribution in [2.24, 2.45) is 0 Å². The van der Waals surface area contributed by atoms with Gasteiger partial charge in [-0.25, -0.2) is 4.52 Å². The Morgan fingerprint density at radius 3 is 2.71 bits per heavy atom. The maximum atomic E-state index is 13.0. The third kappa shape index (κ3) is 4.37. The van der Waals surface area contributed by atoms with Crippen molar-refractivity contribution >= 4 is 34.7 Å². The molecule has 1 atom stereocenters. The molecule has 4 heterocycles. The summed E-state index contributed by atoms with van der Waals surface area (Å²) in [5.41, 5.74) is 9.14. The highest BCUT2D eigenvalue weighted by molar-refractivity contribution is 7.12. The molecule has 3 aromatic heterocycles. The summed E-state index contributed by atoms with van der Waals surface area (Å²) in [6.45, 7) is 3.02. The van der Waals surface area contributed by atoms with Crippen molar-refractivity contribution in [2.45, 2.75) is 25.4 Å². The first kappa shape index (κ1) is 22.1. The second-order valence-corrected chi connectivity index (χ2v) is 9.04. The Kier molecular flexibility index (Phi) is 5.99. The number of benzene rings is 1. The number of pyridine rings is 1. The molecule has 174 valence electrons. The smallest absolute Gasteiger partial charge is 0.261 e. The molecule has 0 aliphatic carbocycles. The first-order chi connectivity index (χ1) is 16.5. The van der Waals surface area contributed by atoms with Gasteiger partial charge in [-0.1, -0.05) is 37.3 Å². The molecule has 34 heavy (non-hydrogen) atoms. The molecule has 0 saturated carbocycles. The fraction of sp³-hybridized carbons (Fsp3) is 0.250. The summed E-state index contributed by atoms with van der Waals surface area (Å²) >= 11 is 1.35. The van der Waals surface area contributed by atoms with Crippen LogP contribution in [0.25, 0.3) is 16.8 Å². The maximum absolute atomic E-state index is 13.0. The van der Waals surface area contributed by atoms with Crippen LogP contribution in [-0.2, 0) is 4.74 Å². The molecular weight excluding hydrogens is 452 g/mol. The fourth-order valence-corrected chi connectivity index (χ4v) is 4.67. The molecule has 5 rings (SSSR count). The molecule has 2 amide bonds. The lowest BCUT2D eigenvalue weighted by Crippen LogP contribution is -2.48. The first-order valence-electron chi connectivity index (χ1n) is 11.0. The van der Waals surface area contributed by atoms with Gasteiger partial charge in [0.05, 0.1) is 35.7 Å². The number of nitrogens with one attached hydrogen (secondary N) is 2. The Bertz CT molecular complexity index is 1350. The average Bonchev–Trinajstić information content (AvgIpc) is 3.45. The number of rotatable bonds is 7. The van der Waals surface area contributed by atoms with Gasteiger partial charge in [0.25, 0.3) is 11.8 Å². The average molecular weight is 477 g/mol. The van der Waals surface area contributed by atoms with Crippen molar-refractivity contribution in [1.82, 2.24) is 25.2 Å². The molecule has 1 aliphatic heterocycles. The summed E-state index contributed by atoms with van der Waals surface area (Å²) in [6, 6.07) is 13.4. The molecule has 10 heteroatoms. The van der Waals surface area contributed by atoms with E-state index in [2.05, 4.69) is 20.7 Å². The number of anilines is 1. The number of nitrogens with zero attached hydrogens (tertiary/aromatic N) is 3. The highest BCUT2D eigenvalue weighted by Gasteiger charge is 2.24. The van der Waals surface area contributed by atoms with Gasteiger partial charge in [0.2, 0.25) is 5.95 Å². The number of nitrogen functional groups attached to an aromatic ring is 1. The van der Waals surface area contributed by atoms with E-state index in [9.17, 15) is 9.59 Å². The number of hydrogen-bond acceptors (Lipinski definition) is 7. The number of ether oxygens (including phenoxy) is 1. The van der Waals surface area contributed by atoms with E-state index in [1.165, 1.54) is 15.9 Å². The van der Waals surface area contributed by atoms with Crippen LogP contribution in [0.2, 0.25) is 0 Å². The van der Waals surface area contributed by atoms with Crippen LogP contribution in [0.15, 0.2) is 54.0 Å². The van der Waals surface area contributed by atoms with E-state index >= 15 is 0 Å². The minimum atomic E-state index is -0.269. The Labute approximate surface area is 200 Å². The molecule has 1 saturated heterocycles. The topological polar surface area (TPSA) is 124 Å². The van der Waals surface area contributed by atoms with Crippen LogP contribution in [0.1, 0.15) is 45.0 Å². The molecular formula is C24H24N6O3S. The van der Waals surface area contributed by atoms with Crippen molar-refractivity contribution in [3.63, 3.8) is 0 Å². The lowest BCUT2D eigenvalue weighted by Gasteiger charge is -2.26. The Hall–Kier alpha value is -3.76. The number of carbonyl (C=O) groups is 2. The predicted molar refractivity (Wildman–Crippen MR) is 130 cm³/mol. The van der Waals surface area contributed by atoms with E-state index in [1.807, 2.05) is 48.7 Å². The Morgan fingerprint density at radius 1 is 1.21 bits per heavy atom. The zero-order chi connectivity index (χ0) is 23.7. The second kappa shape index (κ2) is 9.24. The van der Waals surface area contributed by atoms with Gasteiger partial charge >= 0.3 is 0 Å². The number of aromatic nitrogens is 3. The third-order valence-corrected chi connectivity index (χ3v) is 6.67. The Balaban J connectivity index is 1.41. The molecule has 1 fully saturated rings. The van der Waals surface area contributed by atoms with Gasteiger partial charge in [-0.05, 0) is 35.1 Å². The quantitative estimate of drug-likeness (QED) is 0.377. The van der Waals surface area contributed by atoms with Crippen LogP contribution in [-0.4, -0.2) is 45.7 Å². The maximum Gasteiger partial charge on any atom is 0.261 e. The second-order valence-electron chi connectivity index (χ2n) is 8.13. The standard InChI is InChI=1S/C24H24N6O3S/c1-2-19(14-6-4-3-5-7-14)27-23(32)20-9-16(13-34-20)15-8-18(22(31)26-17-11-33-12-17)21-28-24(25)29-30(21)10-15/h3-10,13,17,19H,2,11-12H2,1H3,(H2,25,29)(H,26,31)(H,27,32)/t19-/m0/s1. The summed E-state index contributed by atoms with van der Waals surface area (Å²) in [5, 5.41) is 12.1. The monoisotopic (exact) mass is 476 g/mol. The summed E-state index contributed by atoms with van der Waals surface area (Å²) in [7, 11) is 0. The molecule has 9 nitrogen and oxygen atoms in total. The minimum Gasteiger partial charge on any atom is -0.377 e. The number of fused-ring (bicyclic) bond motifs is 1. The number of amides is 2. The van der Waals surface area contributed by atoms with Crippen LogP contribution in [0, 0.1) is 0 Å². The van der Waals surface area contributed by atoms with Gasteiger partial charge in [0.1, 0.15) is 0 Å². The van der Waals surface area contributed by atoms with Crippen LogP contribution < -0.4 is 16.4 Å². The lowest BCUT2D eigenvalue weighted by atomic mass is 10.0. The number of thiophene rings is 1. The van der Waals surface area contributed by atoms with E-state index < -0.39 is 0 Å². The van der Waals surface area contributed by atoms with Crippen molar-refractivity contribution in [1.29, 1.82) is 0 Å². The van der Waals surface area contributed by atoms with Crippen LogP contribution in [0.4, 0.5) is 5.95 Å². The SMILES string of the molecule is CC[C@H](NC(=O)c1cc(-c2cc(C(=O)NC3COC3)c3nc(N)nn3c2)cs1)c1ccccc1. The van der Waals surface area contributed by atoms with E-state index in [-0.39, 0.29) is 29.8 Å². The molecule has 0 unspecified atom stereocenters. The zero-order valence-corrected chi connectivity index (χ0v) is 19.3. The molecule has 1 aromatic carbocycles. The van der Waals surface area contributed by atoms with Crippen molar-refractivity contribution in [3.8, 4) is 11.1 Å². The number of nitrogens with two attached hydrogens (primary N) is 1. The molecule has 4 aromatic rings. The van der Waals surface area contributed by atoms with Gasteiger partial charge in [0, 0.05) is 11.8 Å². The minimum absolute atomic E-state index is 0.0240. The highest BCUT2D eigenvalue weighted by atomic mass is 32.1. The van der Waals surface area contributed by atoms with Crippen LogP contribution >= 0.6 is 11.3 Å². The molecule has 0 radical (unpaired) electrons. The normalized spacial score (nSPS) is 14.5. The van der Waals surface area contributed by atoms with Gasteiger partial charge in [-0.2, -0.15) is 4.98 Å². The lowest BCUT2D eigenvalue weighted by molar-refractivity contribution is -0.00344. The van der Waals surface area contributed by atoms with Crippen molar-refractivity contribution in [2.75, 3.05) is 18.9 Å². The fourth-order valence-electron chi connectivity index (χ4n) is 3.85. The Morgan fingerprint density at radius 2 is 2.00 bits per heavy atom. The van der Waals surface area contributed by atoms with Gasteiger partial charge in [0.15, 0.2) is 5.65 Å². The van der Waals surface area contributed by atoms with E-state index in [0.29, 0.717) is 29.3 Å². The largest absolute Gasteiger partial charge is 0.377 e. The van der Waals surface area contributed by atoms with Gasteiger partial charge in [-0.15, -0.1) is 16.4 Å². The van der Waals surface area contributed by atoms with E-state index in [1.54, 1.807) is 12.3 Å².